The number of rotatable bonds is 6. The Morgan fingerprint density at radius 1 is 1.14 bits per heavy atom. The van der Waals surface area contributed by atoms with Crippen molar-refractivity contribution < 1.29 is 0 Å². The van der Waals surface area contributed by atoms with Gasteiger partial charge in [-0.1, -0.05) is 0 Å². The zero-order chi connectivity index (χ0) is 10.4. The summed E-state index contributed by atoms with van der Waals surface area (Å²) in [5.41, 5.74) is 0. The second-order valence-electron chi connectivity index (χ2n) is 4.36. The van der Waals surface area contributed by atoms with Crippen LogP contribution in [0.4, 0.5) is 0 Å². The van der Waals surface area contributed by atoms with Gasteiger partial charge in [0.25, 0.3) is 0 Å². The summed E-state index contributed by atoms with van der Waals surface area (Å²) in [6.45, 7) is 7.12. The van der Waals surface area contributed by atoms with Gasteiger partial charge in [-0.15, -0.1) is 0 Å². The molecule has 0 amide bonds. The van der Waals surface area contributed by atoms with Gasteiger partial charge in [0.15, 0.2) is 0 Å². The monoisotopic (exact) mass is 340 g/mol. The Hall–Kier alpha value is 1.50. The van der Waals surface area contributed by atoms with Crippen LogP contribution in [0.1, 0.15) is 46.5 Å². The summed E-state index contributed by atoms with van der Waals surface area (Å²) in [7, 11) is 4.92. The van der Waals surface area contributed by atoms with Crippen molar-refractivity contribution in [3.05, 3.63) is 0 Å². The van der Waals surface area contributed by atoms with Crippen LogP contribution < -0.4 is 0 Å². The topological polar surface area (TPSA) is 0 Å². The maximum atomic E-state index is 2.47. The standard InChI is InChI=1S/2C4H9.C3H8S2.Sn/c2*1-3-4-2;1-3(5)2-4;/h2*1,3-4H2,2H3;3-5H,2H2,1H3;/q;;;+2/p-2. The molecule has 0 aromatic rings. The molecule has 0 aliphatic carbocycles. The molecule has 1 unspecified atom stereocenters. The van der Waals surface area contributed by atoms with Crippen LogP contribution in [-0.2, 0) is 0 Å². The Balaban J connectivity index is 2.42. The molecule has 3 heteroatoms. The maximum absolute atomic E-state index is 2.47. The van der Waals surface area contributed by atoms with E-state index in [0.29, 0.717) is 0 Å². The van der Waals surface area contributed by atoms with Crippen LogP contribution in [0.5, 0.6) is 0 Å². The first-order valence-electron chi connectivity index (χ1n) is 6.04. The molecule has 1 heterocycles. The van der Waals surface area contributed by atoms with Crippen LogP contribution in [-0.4, -0.2) is 26.6 Å². The minimum atomic E-state index is -1.68. The molecule has 0 nitrogen and oxygen atoms in total. The van der Waals surface area contributed by atoms with Crippen molar-refractivity contribution in [3.63, 3.8) is 0 Å². The van der Waals surface area contributed by atoms with Gasteiger partial charge in [-0.2, -0.15) is 0 Å². The van der Waals surface area contributed by atoms with Gasteiger partial charge in [0.05, 0.1) is 0 Å². The van der Waals surface area contributed by atoms with Gasteiger partial charge in [0.2, 0.25) is 0 Å². The van der Waals surface area contributed by atoms with E-state index in [4.69, 9.17) is 0 Å². The first-order chi connectivity index (χ1) is 6.72. The number of hydrogen-bond acceptors (Lipinski definition) is 2. The van der Waals surface area contributed by atoms with Gasteiger partial charge in [-0.05, 0) is 0 Å². The predicted molar refractivity (Wildman–Crippen MR) is 74.7 cm³/mol. The van der Waals surface area contributed by atoms with Gasteiger partial charge in [-0.3, -0.25) is 0 Å². The Bertz CT molecular complexity index is 153. The fourth-order valence-electron chi connectivity index (χ4n) is 1.98. The molecule has 0 saturated carbocycles. The molecule has 1 aliphatic heterocycles. The molecule has 0 radical (unpaired) electrons. The Labute approximate surface area is 99.2 Å². The van der Waals surface area contributed by atoms with E-state index in [1.807, 2.05) is 0 Å². The van der Waals surface area contributed by atoms with Crippen LogP contribution in [0.3, 0.4) is 0 Å². The third-order valence-corrected chi connectivity index (χ3v) is 34.4. The quantitative estimate of drug-likeness (QED) is 0.632. The van der Waals surface area contributed by atoms with E-state index in [2.05, 4.69) is 38.7 Å². The second kappa shape index (κ2) is 6.95. The Kier molecular flexibility index (Phi) is 6.73. The van der Waals surface area contributed by atoms with E-state index in [-0.39, 0.29) is 0 Å². The zero-order valence-corrected chi connectivity index (χ0v) is 14.3. The molecular weight excluding hydrogens is 315 g/mol. The molecule has 0 aromatic carbocycles. The van der Waals surface area contributed by atoms with Crippen molar-refractivity contribution in [3.8, 4) is 0 Å². The summed E-state index contributed by atoms with van der Waals surface area (Å²) in [5.74, 6) is 1.47. The van der Waals surface area contributed by atoms with Gasteiger partial charge in [-0.25, -0.2) is 0 Å². The molecule has 1 aliphatic rings. The van der Waals surface area contributed by atoms with Crippen molar-refractivity contribution >= 4 is 33.5 Å². The van der Waals surface area contributed by atoms with E-state index in [1.165, 1.54) is 31.4 Å². The normalized spacial score (nSPS) is 25.5. The fourth-order valence-corrected chi connectivity index (χ4v) is 38.9. The van der Waals surface area contributed by atoms with Crippen LogP contribution >= 0.6 is 17.9 Å². The summed E-state index contributed by atoms with van der Waals surface area (Å²) in [6, 6.07) is 0. The van der Waals surface area contributed by atoms with Crippen molar-refractivity contribution in [1.29, 1.82) is 0 Å². The van der Waals surface area contributed by atoms with Gasteiger partial charge in [0.1, 0.15) is 0 Å². The molecule has 1 saturated heterocycles. The summed E-state index contributed by atoms with van der Waals surface area (Å²) < 4.78 is 3.29. The molecule has 14 heavy (non-hydrogen) atoms. The van der Waals surface area contributed by atoms with Gasteiger partial charge in [0, 0.05) is 0 Å². The van der Waals surface area contributed by atoms with Crippen LogP contribution in [0, 0.1) is 0 Å². The van der Waals surface area contributed by atoms with E-state index in [0.717, 1.165) is 5.25 Å². The van der Waals surface area contributed by atoms with Crippen molar-refractivity contribution in [2.45, 2.75) is 60.6 Å². The Morgan fingerprint density at radius 2 is 1.71 bits per heavy atom. The van der Waals surface area contributed by atoms with Crippen LogP contribution in [0.25, 0.3) is 0 Å². The molecular formula is C11H24S2Sn. The van der Waals surface area contributed by atoms with Gasteiger partial charge >= 0.3 is 99.8 Å². The van der Waals surface area contributed by atoms with Crippen LogP contribution in [0.2, 0.25) is 8.87 Å². The average molecular weight is 339 g/mol. The molecule has 0 bridgehead atoms. The first-order valence-corrected chi connectivity index (χ1v) is 18.9. The number of hydrogen-bond donors (Lipinski definition) is 0. The molecule has 1 fully saturated rings. The first kappa shape index (κ1) is 13.6. The molecule has 84 valence electrons. The molecule has 1 atom stereocenters. The zero-order valence-electron chi connectivity index (χ0n) is 9.84. The number of unbranched alkanes of at least 4 members (excludes halogenated alkanes) is 2. The summed E-state index contributed by atoms with van der Waals surface area (Å²) in [6.07, 6.45) is 5.82. The van der Waals surface area contributed by atoms with Crippen molar-refractivity contribution in [1.82, 2.24) is 0 Å². The SMILES string of the molecule is CCC[CH2][Sn]1([CH2]CCC)[S]CC(C)[S]1. The van der Waals surface area contributed by atoms with Crippen LogP contribution in [0.15, 0.2) is 0 Å². The average Bonchev–Trinajstić information content (AvgIpc) is 2.55. The van der Waals surface area contributed by atoms with Crippen molar-refractivity contribution in [2.75, 3.05) is 5.75 Å². The Morgan fingerprint density at radius 3 is 2.07 bits per heavy atom. The fraction of sp³-hybridized carbons (Fsp3) is 1.00. The molecule has 1 rings (SSSR count). The van der Waals surface area contributed by atoms with E-state index >= 15 is 0 Å². The summed E-state index contributed by atoms with van der Waals surface area (Å²) >= 11 is -1.68. The summed E-state index contributed by atoms with van der Waals surface area (Å²) in [5, 5.41) is 0.976. The van der Waals surface area contributed by atoms with E-state index in [9.17, 15) is 0 Å². The molecule has 0 spiro atoms. The summed E-state index contributed by atoms with van der Waals surface area (Å²) in [4.78, 5) is 0. The third kappa shape index (κ3) is 4.17. The minimum absolute atomic E-state index is 0.976. The van der Waals surface area contributed by atoms with Gasteiger partial charge < -0.3 is 0 Å². The second-order valence-corrected chi connectivity index (χ2v) is 30.8. The molecule has 0 aromatic heterocycles. The van der Waals surface area contributed by atoms with Crippen molar-refractivity contribution in [2.24, 2.45) is 0 Å². The van der Waals surface area contributed by atoms with E-state index < -0.39 is 15.6 Å². The molecule has 0 N–H and O–H groups in total. The predicted octanol–water partition coefficient (Wildman–Crippen LogP) is 4.90. The van der Waals surface area contributed by atoms with E-state index in [1.54, 1.807) is 8.87 Å². The third-order valence-electron chi connectivity index (χ3n) is 2.82.